The molecule has 3 aromatic rings. The van der Waals surface area contributed by atoms with E-state index in [-0.39, 0.29) is 0 Å². The number of nitrogens with one attached hydrogen (secondary N) is 1. The standard InChI is InChI=1S/C19H21N5O/c1-24(2)16-7-5-15(6-8-16)17-10-11-20-19(23-17)22-13-14-4-9-18(25-3)21-12-14/h4-12H,13H2,1-3H3,(H,20,22,23). The number of hydrogen-bond donors (Lipinski definition) is 1. The zero-order valence-electron chi connectivity index (χ0n) is 14.6. The predicted molar refractivity (Wildman–Crippen MR) is 99.9 cm³/mol. The SMILES string of the molecule is COc1ccc(CNc2nccc(-c3ccc(N(C)C)cc3)n2)cn1. The molecule has 0 radical (unpaired) electrons. The molecule has 25 heavy (non-hydrogen) atoms. The number of ether oxygens (including phenoxy) is 1. The molecule has 0 aliphatic rings. The Bertz CT molecular complexity index is 816. The third kappa shape index (κ3) is 4.23. The quantitative estimate of drug-likeness (QED) is 0.746. The minimum Gasteiger partial charge on any atom is -0.481 e. The molecule has 0 spiro atoms. The van der Waals surface area contributed by atoms with Crippen LogP contribution in [0, 0.1) is 0 Å². The van der Waals surface area contributed by atoms with Crippen LogP contribution in [0.3, 0.4) is 0 Å². The number of rotatable bonds is 6. The van der Waals surface area contributed by atoms with Crippen LogP contribution in [-0.2, 0) is 6.54 Å². The number of methoxy groups -OCH3 is 1. The van der Waals surface area contributed by atoms with Crippen molar-refractivity contribution in [2.24, 2.45) is 0 Å². The Hall–Kier alpha value is -3.15. The first-order valence-electron chi connectivity index (χ1n) is 7.99. The molecule has 128 valence electrons. The largest absolute Gasteiger partial charge is 0.481 e. The number of hydrogen-bond acceptors (Lipinski definition) is 6. The number of benzene rings is 1. The second kappa shape index (κ2) is 7.61. The highest BCUT2D eigenvalue weighted by molar-refractivity contribution is 5.63. The normalized spacial score (nSPS) is 10.4. The molecule has 1 aromatic carbocycles. The zero-order valence-corrected chi connectivity index (χ0v) is 14.6. The van der Waals surface area contributed by atoms with Crippen molar-refractivity contribution in [3.05, 3.63) is 60.4 Å². The third-order valence-corrected chi connectivity index (χ3v) is 3.79. The van der Waals surface area contributed by atoms with Gasteiger partial charge in [-0.3, -0.25) is 0 Å². The van der Waals surface area contributed by atoms with Gasteiger partial charge in [-0.2, -0.15) is 0 Å². The molecule has 2 heterocycles. The van der Waals surface area contributed by atoms with Gasteiger partial charge in [0.25, 0.3) is 0 Å². The van der Waals surface area contributed by atoms with Crippen LogP contribution in [0.1, 0.15) is 5.56 Å². The molecule has 6 heteroatoms. The minimum absolute atomic E-state index is 0.588. The van der Waals surface area contributed by atoms with Crippen LogP contribution < -0.4 is 15.0 Å². The molecular formula is C19H21N5O. The van der Waals surface area contributed by atoms with Gasteiger partial charge >= 0.3 is 0 Å². The molecule has 0 atom stereocenters. The number of anilines is 2. The lowest BCUT2D eigenvalue weighted by Gasteiger charge is -2.12. The first-order chi connectivity index (χ1) is 12.2. The first kappa shape index (κ1) is 16.7. The molecule has 0 saturated carbocycles. The Kier molecular flexibility index (Phi) is 5.09. The Balaban J connectivity index is 1.70. The summed E-state index contributed by atoms with van der Waals surface area (Å²) in [6, 6.07) is 14.0. The highest BCUT2D eigenvalue weighted by Crippen LogP contribution is 2.21. The maximum Gasteiger partial charge on any atom is 0.223 e. The second-order valence-electron chi connectivity index (χ2n) is 5.77. The van der Waals surface area contributed by atoms with E-state index in [1.807, 2.05) is 32.3 Å². The fourth-order valence-electron chi connectivity index (χ4n) is 2.35. The van der Waals surface area contributed by atoms with Crippen LogP contribution in [0.15, 0.2) is 54.9 Å². The molecule has 0 fully saturated rings. The number of pyridine rings is 1. The zero-order chi connectivity index (χ0) is 17.6. The molecule has 0 aliphatic carbocycles. The van der Waals surface area contributed by atoms with Crippen molar-refractivity contribution in [2.45, 2.75) is 6.54 Å². The highest BCUT2D eigenvalue weighted by Gasteiger charge is 2.04. The van der Waals surface area contributed by atoms with Crippen LogP contribution in [0.2, 0.25) is 0 Å². The molecule has 0 bridgehead atoms. The molecule has 0 aliphatic heterocycles. The smallest absolute Gasteiger partial charge is 0.223 e. The van der Waals surface area contributed by atoms with Gasteiger partial charge in [-0.15, -0.1) is 0 Å². The molecule has 0 amide bonds. The molecule has 0 saturated heterocycles. The fourth-order valence-corrected chi connectivity index (χ4v) is 2.35. The Morgan fingerprint density at radius 3 is 2.44 bits per heavy atom. The number of aromatic nitrogens is 3. The van der Waals surface area contributed by atoms with Crippen molar-refractivity contribution in [2.75, 3.05) is 31.4 Å². The minimum atomic E-state index is 0.588. The molecular weight excluding hydrogens is 314 g/mol. The van der Waals surface area contributed by atoms with Crippen molar-refractivity contribution in [3.8, 4) is 17.1 Å². The Labute approximate surface area is 147 Å². The number of nitrogens with zero attached hydrogens (tertiary/aromatic N) is 4. The monoisotopic (exact) mass is 335 g/mol. The van der Waals surface area contributed by atoms with Gasteiger partial charge in [-0.25, -0.2) is 15.0 Å². The van der Waals surface area contributed by atoms with Gasteiger partial charge in [0.2, 0.25) is 11.8 Å². The summed E-state index contributed by atoms with van der Waals surface area (Å²) >= 11 is 0. The van der Waals surface area contributed by atoms with Crippen molar-refractivity contribution in [1.82, 2.24) is 15.0 Å². The summed E-state index contributed by atoms with van der Waals surface area (Å²) in [5.74, 6) is 1.19. The maximum atomic E-state index is 5.06. The summed E-state index contributed by atoms with van der Waals surface area (Å²) < 4.78 is 5.06. The van der Waals surface area contributed by atoms with E-state index in [0.29, 0.717) is 18.4 Å². The lowest BCUT2D eigenvalue weighted by Crippen LogP contribution is -2.08. The molecule has 1 N–H and O–H groups in total. The van der Waals surface area contributed by atoms with Crippen molar-refractivity contribution in [3.63, 3.8) is 0 Å². The summed E-state index contributed by atoms with van der Waals surface area (Å²) in [6.07, 6.45) is 3.53. The van der Waals surface area contributed by atoms with Gasteiger partial charge in [0.1, 0.15) is 0 Å². The summed E-state index contributed by atoms with van der Waals surface area (Å²) in [4.78, 5) is 15.1. The fraction of sp³-hybridized carbons (Fsp3) is 0.211. The third-order valence-electron chi connectivity index (χ3n) is 3.79. The van der Waals surface area contributed by atoms with Gasteiger partial charge in [0, 0.05) is 50.4 Å². The molecule has 3 rings (SSSR count). The van der Waals surface area contributed by atoms with E-state index < -0.39 is 0 Å². The highest BCUT2D eigenvalue weighted by atomic mass is 16.5. The van der Waals surface area contributed by atoms with Crippen LogP contribution >= 0.6 is 0 Å². The van der Waals surface area contributed by atoms with E-state index in [4.69, 9.17) is 4.74 Å². The second-order valence-corrected chi connectivity index (χ2v) is 5.77. The van der Waals surface area contributed by atoms with E-state index in [1.54, 1.807) is 19.5 Å². The van der Waals surface area contributed by atoms with E-state index in [1.165, 1.54) is 0 Å². The van der Waals surface area contributed by atoms with Gasteiger partial charge in [0.15, 0.2) is 0 Å². The van der Waals surface area contributed by atoms with Gasteiger partial charge < -0.3 is 15.0 Å². The summed E-state index contributed by atoms with van der Waals surface area (Å²) in [7, 11) is 5.65. The van der Waals surface area contributed by atoms with Crippen molar-refractivity contribution < 1.29 is 4.74 Å². The lowest BCUT2D eigenvalue weighted by molar-refractivity contribution is 0.397. The van der Waals surface area contributed by atoms with E-state index in [2.05, 4.69) is 49.4 Å². The van der Waals surface area contributed by atoms with Crippen molar-refractivity contribution in [1.29, 1.82) is 0 Å². The van der Waals surface area contributed by atoms with Crippen LogP contribution in [0.4, 0.5) is 11.6 Å². The van der Waals surface area contributed by atoms with Crippen LogP contribution in [0.25, 0.3) is 11.3 Å². The molecule has 6 nitrogen and oxygen atoms in total. The van der Waals surface area contributed by atoms with E-state index in [0.717, 1.165) is 22.5 Å². The topological polar surface area (TPSA) is 63.2 Å². The van der Waals surface area contributed by atoms with Crippen LogP contribution in [0.5, 0.6) is 5.88 Å². The average molecular weight is 335 g/mol. The van der Waals surface area contributed by atoms with E-state index in [9.17, 15) is 0 Å². The maximum absolute atomic E-state index is 5.06. The molecule has 2 aromatic heterocycles. The lowest BCUT2D eigenvalue weighted by atomic mass is 10.1. The predicted octanol–water partition coefficient (Wildman–Crippen LogP) is 3.23. The Morgan fingerprint density at radius 1 is 1.00 bits per heavy atom. The summed E-state index contributed by atoms with van der Waals surface area (Å²) in [5, 5.41) is 3.23. The van der Waals surface area contributed by atoms with Gasteiger partial charge in [0.05, 0.1) is 12.8 Å². The molecule has 0 unspecified atom stereocenters. The average Bonchev–Trinajstić information content (AvgIpc) is 2.67. The van der Waals surface area contributed by atoms with Gasteiger partial charge in [-0.1, -0.05) is 18.2 Å². The van der Waals surface area contributed by atoms with Crippen LogP contribution in [-0.4, -0.2) is 36.2 Å². The Morgan fingerprint density at radius 2 is 1.80 bits per heavy atom. The first-order valence-corrected chi connectivity index (χ1v) is 7.99. The summed E-state index contributed by atoms with van der Waals surface area (Å²) in [6.45, 7) is 0.597. The van der Waals surface area contributed by atoms with E-state index >= 15 is 0 Å². The summed E-state index contributed by atoms with van der Waals surface area (Å²) in [5.41, 5.74) is 4.13. The van der Waals surface area contributed by atoms with Crippen molar-refractivity contribution >= 4 is 11.6 Å². The van der Waals surface area contributed by atoms with Gasteiger partial charge in [-0.05, 0) is 23.8 Å².